The molecule has 0 radical (unpaired) electrons. The number of amides is 1. The Hall–Kier alpha value is -2.19. The maximum absolute atomic E-state index is 13.7. The zero-order valence-corrected chi connectivity index (χ0v) is 13.6. The molecule has 0 unspecified atom stereocenters. The summed E-state index contributed by atoms with van der Waals surface area (Å²) >= 11 is 0. The van der Waals surface area contributed by atoms with Crippen LogP contribution in [0.3, 0.4) is 0 Å². The average Bonchev–Trinajstić information content (AvgIpc) is 2.54. The Balaban J connectivity index is 2.42. The zero-order chi connectivity index (χ0) is 16.0. The van der Waals surface area contributed by atoms with Gasteiger partial charge in [-0.3, -0.25) is 4.79 Å². The Morgan fingerprint density at radius 2 is 1.41 bits per heavy atom. The van der Waals surface area contributed by atoms with Gasteiger partial charge in [0.2, 0.25) is 5.91 Å². The predicted molar refractivity (Wildman–Crippen MR) is 91.6 cm³/mol. The third-order valence-corrected chi connectivity index (χ3v) is 6.37. The molecule has 5 heteroatoms. The van der Waals surface area contributed by atoms with Gasteiger partial charge in [-0.15, -0.1) is 0 Å². The fraction of sp³-hybridized carbons (Fsp3) is 0.176. The van der Waals surface area contributed by atoms with E-state index in [-0.39, 0.29) is 5.91 Å². The molecule has 114 valence electrons. The van der Waals surface area contributed by atoms with E-state index in [4.69, 9.17) is 0 Å². The van der Waals surface area contributed by atoms with Gasteiger partial charge in [-0.05, 0) is 6.92 Å². The zero-order valence-electron chi connectivity index (χ0n) is 12.7. The molecule has 2 aromatic rings. The van der Waals surface area contributed by atoms with Crippen molar-refractivity contribution >= 4 is 29.4 Å². The Morgan fingerprint density at radius 3 is 1.82 bits per heavy atom. The van der Waals surface area contributed by atoms with Crippen LogP contribution in [0.25, 0.3) is 0 Å². The van der Waals surface area contributed by atoms with Crippen LogP contribution in [0.5, 0.6) is 0 Å². The van der Waals surface area contributed by atoms with Crippen LogP contribution in [0.1, 0.15) is 13.8 Å². The summed E-state index contributed by atoms with van der Waals surface area (Å²) in [6.45, 7) is 3.17. The number of rotatable bonds is 5. The minimum atomic E-state index is -2.82. The highest BCUT2D eigenvalue weighted by atomic mass is 31.2. The molecule has 0 heterocycles. The summed E-state index contributed by atoms with van der Waals surface area (Å²) in [6, 6.07) is 18.8. The lowest BCUT2D eigenvalue weighted by atomic mass is 10.4. The lowest BCUT2D eigenvalue weighted by molar-refractivity contribution is -0.118. The Bertz CT molecular complexity index is 668. The third kappa shape index (κ3) is 3.92. The number of hydrogen-bond donors (Lipinski definition) is 1. The van der Waals surface area contributed by atoms with Crippen molar-refractivity contribution in [3.63, 3.8) is 0 Å². The van der Waals surface area contributed by atoms with Gasteiger partial charge < -0.3 is 4.57 Å². The predicted octanol–water partition coefficient (Wildman–Crippen LogP) is 2.51. The van der Waals surface area contributed by atoms with Gasteiger partial charge in [0.1, 0.15) is 7.14 Å². The second-order valence-corrected chi connectivity index (χ2v) is 7.91. The number of carbonyl (C=O) groups excluding carboxylic acids is 1. The lowest BCUT2D eigenvalue weighted by Gasteiger charge is -2.19. The molecule has 0 saturated carbocycles. The van der Waals surface area contributed by atoms with Crippen LogP contribution in [0.15, 0.2) is 65.8 Å². The first-order valence-corrected chi connectivity index (χ1v) is 8.91. The van der Waals surface area contributed by atoms with Gasteiger partial charge >= 0.3 is 0 Å². The maximum Gasteiger partial charge on any atom is 0.236 e. The summed E-state index contributed by atoms with van der Waals surface area (Å²) in [5, 5.41) is 5.59. The van der Waals surface area contributed by atoms with Gasteiger partial charge in [-0.25, -0.2) is 5.43 Å². The van der Waals surface area contributed by atoms with Crippen molar-refractivity contribution in [2.45, 2.75) is 13.8 Å². The van der Waals surface area contributed by atoms with E-state index in [0.717, 1.165) is 10.6 Å². The number of benzene rings is 2. The lowest BCUT2D eigenvalue weighted by Crippen LogP contribution is -2.23. The number of carbonyl (C=O) groups is 1. The molecular formula is C17H19N2O2P. The molecule has 0 saturated heterocycles. The minimum absolute atomic E-state index is 0.242. The average molecular weight is 314 g/mol. The molecule has 0 aromatic heterocycles. The molecule has 1 N–H and O–H groups in total. The molecule has 0 fully saturated rings. The van der Waals surface area contributed by atoms with Crippen molar-refractivity contribution in [3.8, 4) is 0 Å². The highest BCUT2D eigenvalue weighted by Crippen LogP contribution is 2.43. The van der Waals surface area contributed by atoms with Crippen molar-refractivity contribution < 1.29 is 9.36 Å². The van der Waals surface area contributed by atoms with Gasteiger partial charge in [-0.2, -0.15) is 5.10 Å². The summed E-state index contributed by atoms with van der Waals surface area (Å²) in [7, 11) is -2.82. The number of nitrogens with one attached hydrogen (secondary N) is 1. The van der Waals surface area contributed by atoms with Crippen molar-refractivity contribution in [3.05, 3.63) is 60.7 Å². The molecule has 0 spiro atoms. The Morgan fingerprint density at radius 1 is 0.955 bits per heavy atom. The molecule has 0 aliphatic heterocycles. The third-order valence-electron chi connectivity index (χ3n) is 3.20. The first kappa shape index (κ1) is 16.2. The number of hydrogen-bond acceptors (Lipinski definition) is 3. The van der Waals surface area contributed by atoms with E-state index in [1.54, 1.807) is 6.92 Å². The van der Waals surface area contributed by atoms with Crippen LogP contribution in [0.2, 0.25) is 0 Å². The molecule has 4 nitrogen and oxygen atoms in total. The molecule has 1 amide bonds. The van der Waals surface area contributed by atoms with Crippen LogP contribution < -0.4 is 16.0 Å². The standard InChI is InChI=1S/C17H19N2O2P/c1-14(18-19-15(2)20)13-22(21,16-9-5-3-6-10-16)17-11-7-4-8-12-17/h3-12H,13H2,1-2H3,(H,19,20)/b18-14-. The molecule has 2 aromatic carbocycles. The summed E-state index contributed by atoms with van der Waals surface area (Å²) in [5.41, 5.74) is 3.03. The first-order valence-electron chi connectivity index (χ1n) is 7.02. The van der Waals surface area contributed by atoms with Crippen molar-refractivity contribution in [2.75, 3.05) is 6.16 Å². The molecular weight excluding hydrogens is 295 g/mol. The molecule has 22 heavy (non-hydrogen) atoms. The fourth-order valence-electron chi connectivity index (χ4n) is 2.20. The van der Waals surface area contributed by atoms with E-state index in [9.17, 15) is 9.36 Å². The van der Waals surface area contributed by atoms with E-state index >= 15 is 0 Å². The van der Waals surface area contributed by atoms with Gasteiger partial charge in [0, 0.05) is 29.4 Å². The second kappa shape index (κ2) is 7.19. The summed E-state index contributed by atoms with van der Waals surface area (Å²) in [6.07, 6.45) is 0.293. The smallest absolute Gasteiger partial charge is 0.236 e. The fourth-order valence-corrected chi connectivity index (χ4v) is 4.89. The topological polar surface area (TPSA) is 58.5 Å². The maximum atomic E-state index is 13.7. The van der Waals surface area contributed by atoms with E-state index in [1.807, 2.05) is 60.7 Å². The van der Waals surface area contributed by atoms with Crippen molar-refractivity contribution in [1.29, 1.82) is 0 Å². The number of nitrogens with zero attached hydrogens (tertiary/aromatic N) is 1. The van der Waals surface area contributed by atoms with Crippen LogP contribution >= 0.6 is 7.14 Å². The normalized spacial score (nSPS) is 12.0. The SMILES string of the molecule is CC(=O)N/N=C(/C)CP(=O)(c1ccccc1)c1ccccc1. The highest BCUT2D eigenvalue weighted by Gasteiger charge is 2.27. The van der Waals surface area contributed by atoms with Crippen LogP contribution in [-0.4, -0.2) is 17.8 Å². The van der Waals surface area contributed by atoms with Crippen LogP contribution in [0, 0.1) is 0 Å². The Kier molecular flexibility index (Phi) is 5.29. The second-order valence-electron chi connectivity index (χ2n) is 5.08. The summed E-state index contributed by atoms with van der Waals surface area (Å²) < 4.78 is 13.7. The first-order chi connectivity index (χ1) is 10.5. The van der Waals surface area contributed by atoms with E-state index in [2.05, 4.69) is 10.5 Å². The number of hydrazone groups is 1. The van der Waals surface area contributed by atoms with Gasteiger partial charge in [0.25, 0.3) is 0 Å². The van der Waals surface area contributed by atoms with Crippen molar-refractivity contribution in [2.24, 2.45) is 5.10 Å². The van der Waals surface area contributed by atoms with Gasteiger partial charge in [-0.1, -0.05) is 60.7 Å². The summed E-state index contributed by atoms with van der Waals surface area (Å²) in [4.78, 5) is 11.0. The highest BCUT2D eigenvalue weighted by molar-refractivity contribution is 7.79. The van der Waals surface area contributed by atoms with E-state index < -0.39 is 7.14 Å². The van der Waals surface area contributed by atoms with E-state index in [1.165, 1.54) is 6.92 Å². The van der Waals surface area contributed by atoms with Crippen LogP contribution in [0.4, 0.5) is 0 Å². The monoisotopic (exact) mass is 314 g/mol. The Labute approximate surface area is 130 Å². The molecule has 2 rings (SSSR count). The quantitative estimate of drug-likeness (QED) is 0.524. The molecule has 0 atom stereocenters. The van der Waals surface area contributed by atoms with E-state index in [0.29, 0.717) is 11.9 Å². The van der Waals surface area contributed by atoms with Gasteiger partial charge in [0.05, 0.1) is 0 Å². The largest absolute Gasteiger partial charge is 0.313 e. The van der Waals surface area contributed by atoms with Gasteiger partial charge in [0.15, 0.2) is 0 Å². The van der Waals surface area contributed by atoms with Crippen LogP contribution in [-0.2, 0) is 9.36 Å². The van der Waals surface area contributed by atoms with Crippen molar-refractivity contribution in [1.82, 2.24) is 5.43 Å². The molecule has 0 aliphatic rings. The summed E-state index contributed by atoms with van der Waals surface area (Å²) in [5.74, 6) is -0.242. The molecule has 0 bridgehead atoms. The minimum Gasteiger partial charge on any atom is -0.313 e. The molecule has 0 aliphatic carbocycles.